The molecule has 0 aliphatic heterocycles. The van der Waals surface area contributed by atoms with Gasteiger partial charge in [-0.15, -0.1) is 0 Å². The van der Waals surface area contributed by atoms with Crippen LogP contribution in [0.5, 0.6) is 0 Å². The lowest BCUT2D eigenvalue weighted by atomic mass is 10.00. The monoisotopic (exact) mass is 323 g/mol. The van der Waals surface area contributed by atoms with Crippen molar-refractivity contribution in [3.8, 4) is 0 Å². The zero-order valence-corrected chi connectivity index (χ0v) is 14.5. The summed E-state index contributed by atoms with van der Waals surface area (Å²) in [7, 11) is 0. The van der Waals surface area contributed by atoms with E-state index in [9.17, 15) is 0 Å². The van der Waals surface area contributed by atoms with Crippen LogP contribution in [-0.2, 0) is 6.54 Å². The maximum absolute atomic E-state index is 2.52. The first-order valence-electron chi connectivity index (χ1n) is 9.20. The van der Waals surface area contributed by atoms with E-state index in [0.29, 0.717) is 0 Å². The smallest absolute Gasteiger partial charge is 0.0498 e. The maximum Gasteiger partial charge on any atom is 0.0498 e. The molecular formula is C24H21N. The second-order valence-corrected chi connectivity index (χ2v) is 6.87. The molecule has 1 heteroatoms. The minimum absolute atomic E-state index is 1.08. The minimum Gasteiger partial charge on any atom is -0.340 e. The van der Waals surface area contributed by atoms with Gasteiger partial charge in [-0.3, -0.25) is 0 Å². The van der Waals surface area contributed by atoms with Crippen molar-refractivity contribution in [1.29, 1.82) is 0 Å². The van der Waals surface area contributed by atoms with E-state index in [0.717, 1.165) is 6.54 Å². The number of rotatable bonds is 3. The number of benzene rings is 4. The first-order chi connectivity index (χ1) is 12.4. The van der Waals surface area contributed by atoms with Gasteiger partial charge in [0.2, 0.25) is 0 Å². The quantitative estimate of drug-likeness (QED) is 0.340. The van der Waals surface area contributed by atoms with Gasteiger partial charge in [0.05, 0.1) is 0 Å². The molecule has 0 atom stereocenters. The van der Waals surface area contributed by atoms with Crippen molar-refractivity contribution < 1.29 is 0 Å². The molecule has 1 aromatic heterocycles. The summed E-state index contributed by atoms with van der Waals surface area (Å²) < 4.78 is 2.52. The maximum atomic E-state index is 2.52. The Hall–Kier alpha value is -2.80. The van der Waals surface area contributed by atoms with Crippen molar-refractivity contribution in [2.24, 2.45) is 0 Å². The Labute approximate surface area is 147 Å². The zero-order chi connectivity index (χ0) is 16.8. The van der Waals surface area contributed by atoms with Gasteiger partial charge in [-0.25, -0.2) is 0 Å². The van der Waals surface area contributed by atoms with Gasteiger partial charge in [-0.2, -0.15) is 0 Å². The number of aromatic nitrogens is 1. The fourth-order valence-corrected chi connectivity index (χ4v) is 4.18. The summed E-state index contributed by atoms with van der Waals surface area (Å²) in [6.07, 6.45) is 2.42. The number of hydrogen-bond donors (Lipinski definition) is 0. The first-order valence-corrected chi connectivity index (χ1v) is 9.20. The SMILES string of the molecule is CCCCn1c2ccc3ccccc3c2c2c3ccccc3ccc21. The Morgan fingerprint density at radius 1 is 0.640 bits per heavy atom. The molecule has 0 N–H and O–H groups in total. The molecule has 0 aliphatic carbocycles. The van der Waals surface area contributed by atoms with Crippen molar-refractivity contribution in [1.82, 2.24) is 4.57 Å². The highest BCUT2D eigenvalue weighted by Gasteiger charge is 2.15. The summed E-state index contributed by atoms with van der Waals surface area (Å²) >= 11 is 0. The molecule has 1 heterocycles. The third-order valence-electron chi connectivity index (χ3n) is 5.38. The molecule has 4 aromatic carbocycles. The van der Waals surface area contributed by atoms with Crippen molar-refractivity contribution in [3.05, 3.63) is 72.8 Å². The highest BCUT2D eigenvalue weighted by molar-refractivity contribution is 6.27. The molecular weight excluding hydrogens is 302 g/mol. The van der Waals surface area contributed by atoms with Crippen molar-refractivity contribution in [2.45, 2.75) is 26.3 Å². The van der Waals surface area contributed by atoms with Crippen molar-refractivity contribution in [2.75, 3.05) is 0 Å². The van der Waals surface area contributed by atoms with E-state index in [4.69, 9.17) is 0 Å². The fourth-order valence-electron chi connectivity index (χ4n) is 4.18. The van der Waals surface area contributed by atoms with E-state index in [1.807, 2.05) is 0 Å². The number of nitrogens with zero attached hydrogens (tertiary/aromatic N) is 1. The van der Waals surface area contributed by atoms with Crippen LogP contribution in [0.4, 0.5) is 0 Å². The van der Waals surface area contributed by atoms with Crippen LogP contribution in [0.25, 0.3) is 43.4 Å². The lowest BCUT2D eigenvalue weighted by molar-refractivity contribution is 0.665. The van der Waals surface area contributed by atoms with E-state index >= 15 is 0 Å². The molecule has 25 heavy (non-hydrogen) atoms. The lowest BCUT2D eigenvalue weighted by Crippen LogP contribution is -1.96. The minimum atomic E-state index is 1.08. The Morgan fingerprint density at radius 3 is 1.68 bits per heavy atom. The van der Waals surface area contributed by atoms with Gasteiger partial charge in [-0.05, 0) is 40.1 Å². The Balaban J connectivity index is 2.06. The Kier molecular flexibility index (Phi) is 3.27. The highest BCUT2D eigenvalue weighted by Crippen LogP contribution is 2.38. The average molecular weight is 323 g/mol. The first kappa shape index (κ1) is 14.5. The second-order valence-electron chi connectivity index (χ2n) is 6.87. The molecule has 5 aromatic rings. The van der Waals surface area contributed by atoms with Crippen LogP contribution in [0.1, 0.15) is 19.8 Å². The Morgan fingerprint density at radius 2 is 1.16 bits per heavy atom. The third kappa shape index (κ3) is 2.09. The third-order valence-corrected chi connectivity index (χ3v) is 5.38. The topological polar surface area (TPSA) is 4.93 Å². The number of hydrogen-bond acceptors (Lipinski definition) is 0. The standard InChI is InChI=1S/C24H21N/c1-2-3-16-25-21-14-12-17-8-4-6-10-19(17)23(21)24-20-11-7-5-9-18(20)13-15-22(24)25/h4-15H,2-3,16H2,1H3. The molecule has 0 spiro atoms. The molecule has 0 radical (unpaired) electrons. The lowest BCUT2D eigenvalue weighted by Gasteiger charge is -2.07. The van der Waals surface area contributed by atoms with Crippen LogP contribution >= 0.6 is 0 Å². The normalized spacial score (nSPS) is 11.9. The van der Waals surface area contributed by atoms with Gasteiger partial charge in [0.15, 0.2) is 0 Å². The zero-order valence-electron chi connectivity index (χ0n) is 14.5. The van der Waals surface area contributed by atoms with Gasteiger partial charge in [0.1, 0.15) is 0 Å². The summed E-state index contributed by atoms with van der Waals surface area (Å²) in [6.45, 7) is 3.34. The summed E-state index contributed by atoms with van der Waals surface area (Å²) in [4.78, 5) is 0. The molecule has 0 amide bonds. The number of fused-ring (bicyclic) bond motifs is 7. The summed E-state index contributed by atoms with van der Waals surface area (Å²) in [6, 6.07) is 26.7. The fraction of sp³-hybridized carbons (Fsp3) is 0.167. The molecule has 122 valence electrons. The van der Waals surface area contributed by atoms with Gasteiger partial charge in [0.25, 0.3) is 0 Å². The predicted molar refractivity (Wildman–Crippen MR) is 109 cm³/mol. The van der Waals surface area contributed by atoms with E-state index in [1.54, 1.807) is 0 Å². The van der Waals surface area contributed by atoms with Crippen LogP contribution in [0.2, 0.25) is 0 Å². The van der Waals surface area contributed by atoms with Gasteiger partial charge in [0, 0.05) is 28.4 Å². The summed E-state index contributed by atoms with van der Waals surface area (Å²) in [5, 5.41) is 8.16. The highest BCUT2D eigenvalue weighted by atomic mass is 15.0. The average Bonchev–Trinajstić information content (AvgIpc) is 3.00. The van der Waals surface area contributed by atoms with Crippen molar-refractivity contribution in [3.63, 3.8) is 0 Å². The van der Waals surface area contributed by atoms with E-state index in [-0.39, 0.29) is 0 Å². The van der Waals surface area contributed by atoms with Crippen LogP contribution in [0.15, 0.2) is 72.8 Å². The second kappa shape index (κ2) is 5.63. The van der Waals surface area contributed by atoms with Gasteiger partial charge < -0.3 is 4.57 Å². The molecule has 0 bridgehead atoms. The van der Waals surface area contributed by atoms with Crippen LogP contribution in [-0.4, -0.2) is 4.57 Å². The summed E-state index contributed by atoms with van der Waals surface area (Å²) in [5.41, 5.74) is 2.72. The van der Waals surface area contributed by atoms with E-state index in [1.165, 1.54) is 56.2 Å². The molecule has 0 saturated carbocycles. The predicted octanol–water partition coefficient (Wildman–Crippen LogP) is 6.90. The van der Waals surface area contributed by atoms with Crippen LogP contribution < -0.4 is 0 Å². The molecule has 0 aliphatic rings. The molecule has 5 rings (SSSR count). The molecule has 1 nitrogen and oxygen atoms in total. The van der Waals surface area contributed by atoms with Crippen molar-refractivity contribution >= 4 is 43.4 Å². The van der Waals surface area contributed by atoms with Crippen LogP contribution in [0.3, 0.4) is 0 Å². The molecule has 0 unspecified atom stereocenters. The number of aryl methyl sites for hydroxylation is 1. The Bertz CT molecular complexity index is 1130. The number of unbranched alkanes of at least 4 members (excludes halogenated alkanes) is 1. The van der Waals surface area contributed by atoms with Crippen LogP contribution in [0, 0.1) is 0 Å². The molecule has 0 fully saturated rings. The van der Waals surface area contributed by atoms with Gasteiger partial charge >= 0.3 is 0 Å². The largest absolute Gasteiger partial charge is 0.340 e. The van der Waals surface area contributed by atoms with E-state index < -0.39 is 0 Å². The molecule has 0 saturated heterocycles. The van der Waals surface area contributed by atoms with Gasteiger partial charge in [-0.1, -0.05) is 74.0 Å². The summed E-state index contributed by atoms with van der Waals surface area (Å²) in [5.74, 6) is 0. The van der Waals surface area contributed by atoms with E-state index in [2.05, 4.69) is 84.3 Å².